The van der Waals surface area contributed by atoms with Crippen molar-refractivity contribution >= 4 is 44.2 Å². The lowest BCUT2D eigenvalue weighted by molar-refractivity contribution is -0.172. The predicted molar refractivity (Wildman–Crippen MR) is 72.2 cm³/mol. The van der Waals surface area contributed by atoms with Crippen LogP contribution < -0.4 is 5.32 Å². The average molecular weight is 424 g/mol. The van der Waals surface area contributed by atoms with Crippen LogP contribution in [0, 0.1) is 3.57 Å². The van der Waals surface area contributed by atoms with Gasteiger partial charge in [0.05, 0.1) is 6.61 Å². The summed E-state index contributed by atoms with van der Waals surface area (Å²) in [7, 11) is 0. The highest BCUT2D eigenvalue weighted by Gasteiger charge is 2.27. The van der Waals surface area contributed by atoms with E-state index in [-0.39, 0.29) is 6.61 Å². The molecule has 0 saturated heterocycles. The summed E-state index contributed by atoms with van der Waals surface area (Å²) in [5.74, 6) is 0. The molecule has 0 aromatic heterocycles. The number of hydrogen-bond acceptors (Lipinski definition) is 2. The molecule has 0 amide bonds. The molecule has 2 nitrogen and oxygen atoms in total. The van der Waals surface area contributed by atoms with E-state index in [1.54, 1.807) is 0 Å². The standard InChI is InChI=1S/C10H10BrF3INO/c11-8-5-7(15)1-2-9(8)16-3-4-17-6-10(12,13)14/h1-2,5,16H,3-4,6H2. The Labute approximate surface area is 119 Å². The first-order chi connectivity index (χ1) is 7.88. The molecule has 96 valence electrons. The van der Waals surface area contributed by atoms with E-state index in [9.17, 15) is 13.2 Å². The van der Waals surface area contributed by atoms with Gasteiger partial charge in [0.15, 0.2) is 0 Å². The lowest BCUT2D eigenvalue weighted by Crippen LogP contribution is -2.20. The van der Waals surface area contributed by atoms with Gasteiger partial charge in [0.25, 0.3) is 0 Å². The minimum atomic E-state index is -4.26. The molecule has 0 aliphatic heterocycles. The molecule has 0 bridgehead atoms. The minimum Gasteiger partial charge on any atom is -0.382 e. The summed E-state index contributed by atoms with van der Waals surface area (Å²) in [5.41, 5.74) is 0.834. The van der Waals surface area contributed by atoms with Crippen molar-refractivity contribution in [3.8, 4) is 0 Å². The van der Waals surface area contributed by atoms with Gasteiger partial charge in [0.2, 0.25) is 0 Å². The Balaban J connectivity index is 2.27. The number of halogens is 5. The van der Waals surface area contributed by atoms with Gasteiger partial charge in [-0.1, -0.05) is 0 Å². The first-order valence-corrected chi connectivity index (χ1v) is 6.59. The van der Waals surface area contributed by atoms with Crippen LogP contribution in [0.25, 0.3) is 0 Å². The van der Waals surface area contributed by atoms with Crippen LogP contribution in [-0.4, -0.2) is 25.9 Å². The molecule has 0 radical (unpaired) electrons. The van der Waals surface area contributed by atoms with Gasteiger partial charge in [0, 0.05) is 20.3 Å². The van der Waals surface area contributed by atoms with Crippen LogP contribution in [0.15, 0.2) is 22.7 Å². The summed E-state index contributed by atoms with van der Waals surface area (Å²) in [4.78, 5) is 0. The van der Waals surface area contributed by atoms with Crippen molar-refractivity contribution in [2.24, 2.45) is 0 Å². The van der Waals surface area contributed by atoms with E-state index in [1.807, 2.05) is 18.2 Å². The largest absolute Gasteiger partial charge is 0.411 e. The Morgan fingerprint density at radius 3 is 2.65 bits per heavy atom. The van der Waals surface area contributed by atoms with E-state index < -0.39 is 12.8 Å². The minimum absolute atomic E-state index is 0.0118. The van der Waals surface area contributed by atoms with Gasteiger partial charge < -0.3 is 10.1 Å². The lowest BCUT2D eigenvalue weighted by atomic mass is 10.3. The third kappa shape index (κ3) is 6.46. The van der Waals surface area contributed by atoms with E-state index in [0.29, 0.717) is 6.54 Å². The van der Waals surface area contributed by atoms with Crippen molar-refractivity contribution < 1.29 is 17.9 Å². The lowest BCUT2D eigenvalue weighted by Gasteiger charge is -2.10. The molecule has 7 heteroatoms. The summed E-state index contributed by atoms with van der Waals surface area (Å²) in [6.07, 6.45) is -4.26. The molecule has 0 unspecified atom stereocenters. The molecule has 1 N–H and O–H groups in total. The number of alkyl halides is 3. The molecule has 0 heterocycles. The van der Waals surface area contributed by atoms with Crippen molar-refractivity contribution in [2.75, 3.05) is 25.1 Å². The Morgan fingerprint density at radius 1 is 1.35 bits per heavy atom. The van der Waals surface area contributed by atoms with Crippen molar-refractivity contribution in [1.29, 1.82) is 0 Å². The quantitative estimate of drug-likeness (QED) is 0.570. The molecule has 0 spiro atoms. The number of benzene rings is 1. The van der Waals surface area contributed by atoms with E-state index in [4.69, 9.17) is 0 Å². The van der Waals surface area contributed by atoms with Gasteiger partial charge in [-0.2, -0.15) is 13.2 Å². The Kier molecular flexibility index (Phi) is 6.01. The third-order valence-corrected chi connectivity index (χ3v) is 3.09. The van der Waals surface area contributed by atoms with E-state index in [1.165, 1.54) is 0 Å². The van der Waals surface area contributed by atoms with Crippen LogP contribution in [0.3, 0.4) is 0 Å². The van der Waals surface area contributed by atoms with Gasteiger partial charge in [-0.15, -0.1) is 0 Å². The van der Waals surface area contributed by atoms with Gasteiger partial charge in [-0.25, -0.2) is 0 Å². The summed E-state index contributed by atoms with van der Waals surface area (Å²) in [6.45, 7) is -0.865. The van der Waals surface area contributed by atoms with Crippen LogP contribution in [0.4, 0.5) is 18.9 Å². The second-order valence-corrected chi connectivity index (χ2v) is 5.32. The van der Waals surface area contributed by atoms with Gasteiger partial charge in [-0.05, 0) is 56.7 Å². The fourth-order valence-corrected chi connectivity index (χ4v) is 2.52. The van der Waals surface area contributed by atoms with Crippen molar-refractivity contribution in [3.63, 3.8) is 0 Å². The highest BCUT2D eigenvalue weighted by molar-refractivity contribution is 14.1. The molecular weight excluding hydrogens is 414 g/mol. The highest BCUT2D eigenvalue weighted by atomic mass is 127. The molecular formula is C10H10BrF3INO. The number of hydrogen-bond donors (Lipinski definition) is 1. The summed E-state index contributed by atoms with van der Waals surface area (Å²) in [6, 6.07) is 5.68. The van der Waals surface area contributed by atoms with Gasteiger partial charge in [0.1, 0.15) is 6.61 Å². The van der Waals surface area contributed by atoms with Crippen molar-refractivity contribution in [3.05, 3.63) is 26.2 Å². The maximum absolute atomic E-state index is 11.8. The number of anilines is 1. The Morgan fingerprint density at radius 2 is 2.06 bits per heavy atom. The zero-order valence-corrected chi connectivity index (χ0v) is 12.4. The number of rotatable bonds is 5. The van der Waals surface area contributed by atoms with Crippen molar-refractivity contribution in [1.82, 2.24) is 0 Å². The van der Waals surface area contributed by atoms with Crippen molar-refractivity contribution in [2.45, 2.75) is 6.18 Å². The van der Waals surface area contributed by atoms with Crippen LogP contribution in [0.5, 0.6) is 0 Å². The normalized spacial score (nSPS) is 11.6. The van der Waals surface area contributed by atoms with Crippen LogP contribution in [-0.2, 0) is 4.74 Å². The summed E-state index contributed by atoms with van der Waals surface area (Å²) >= 11 is 5.53. The molecule has 1 aromatic carbocycles. The molecule has 1 rings (SSSR count). The zero-order chi connectivity index (χ0) is 12.9. The summed E-state index contributed by atoms with van der Waals surface area (Å²) in [5, 5.41) is 2.98. The SMILES string of the molecule is FC(F)(F)COCCNc1ccc(I)cc1Br. The maximum Gasteiger partial charge on any atom is 0.411 e. The number of ether oxygens (including phenoxy) is 1. The smallest absolute Gasteiger partial charge is 0.382 e. The van der Waals surface area contributed by atoms with E-state index >= 15 is 0 Å². The molecule has 0 aliphatic rings. The molecule has 0 atom stereocenters. The number of nitrogens with one attached hydrogen (secondary N) is 1. The molecule has 1 aromatic rings. The Hall–Kier alpha value is -0.0200. The predicted octanol–water partition coefficient (Wildman–Crippen LogP) is 4.04. The average Bonchev–Trinajstić information content (AvgIpc) is 2.18. The van der Waals surface area contributed by atoms with E-state index in [2.05, 4.69) is 48.6 Å². The molecule has 17 heavy (non-hydrogen) atoms. The monoisotopic (exact) mass is 423 g/mol. The highest BCUT2D eigenvalue weighted by Crippen LogP contribution is 2.24. The topological polar surface area (TPSA) is 21.3 Å². The fourth-order valence-electron chi connectivity index (χ4n) is 1.08. The van der Waals surface area contributed by atoms with Crippen LogP contribution in [0.2, 0.25) is 0 Å². The molecule has 0 aliphatic carbocycles. The fraction of sp³-hybridized carbons (Fsp3) is 0.400. The second kappa shape index (κ2) is 6.79. The second-order valence-electron chi connectivity index (χ2n) is 3.22. The zero-order valence-electron chi connectivity index (χ0n) is 8.65. The molecule has 0 saturated carbocycles. The third-order valence-electron chi connectivity index (χ3n) is 1.76. The Bertz CT molecular complexity index is 373. The van der Waals surface area contributed by atoms with Gasteiger partial charge in [-0.3, -0.25) is 0 Å². The first kappa shape index (κ1) is 15.0. The van der Waals surface area contributed by atoms with Gasteiger partial charge >= 0.3 is 6.18 Å². The first-order valence-electron chi connectivity index (χ1n) is 4.72. The van der Waals surface area contributed by atoms with E-state index in [0.717, 1.165) is 13.7 Å². The van der Waals surface area contributed by atoms with Crippen LogP contribution in [0.1, 0.15) is 0 Å². The molecule has 0 fully saturated rings. The van der Waals surface area contributed by atoms with Crippen LogP contribution >= 0.6 is 38.5 Å². The maximum atomic E-state index is 11.8. The summed E-state index contributed by atoms with van der Waals surface area (Å²) < 4.78 is 41.7.